The van der Waals surface area contributed by atoms with Crippen molar-refractivity contribution in [2.75, 3.05) is 5.32 Å². The minimum absolute atomic E-state index is 0.0279. The van der Waals surface area contributed by atoms with Gasteiger partial charge in [-0.3, -0.25) is 4.79 Å². The molecule has 1 fully saturated rings. The number of carboxylic acids is 1. The number of ether oxygens (including phenoxy) is 1. The molecule has 0 radical (unpaired) electrons. The van der Waals surface area contributed by atoms with Crippen LogP contribution in [0.3, 0.4) is 0 Å². The van der Waals surface area contributed by atoms with Crippen molar-refractivity contribution in [2.45, 2.75) is 32.3 Å². The summed E-state index contributed by atoms with van der Waals surface area (Å²) in [5.41, 5.74) is 0.582. The number of aryl methyl sites for hydroxylation is 1. The monoisotopic (exact) mass is 344 g/mol. The lowest BCUT2D eigenvalue weighted by Gasteiger charge is -2.26. The smallest absolute Gasteiger partial charge is 0.337 e. The van der Waals surface area contributed by atoms with Gasteiger partial charge in [0, 0.05) is 11.8 Å². The van der Waals surface area contributed by atoms with Crippen LogP contribution in [-0.2, 0) is 0 Å². The molecule has 0 bridgehead atoms. The molecule has 1 aliphatic rings. The highest BCUT2D eigenvalue weighted by molar-refractivity contribution is 6.03. The van der Waals surface area contributed by atoms with E-state index in [1.54, 1.807) is 6.07 Å². The molecule has 1 amide bonds. The van der Waals surface area contributed by atoms with Crippen LogP contribution in [0.2, 0.25) is 0 Å². The number of pyridine rings is 1. The Bertz CT molecular complexity index is 834. The summed E-state index contributed by atoms with van der Waals surface area (Å²) in [6, 6.07) is 6.85. The second kappa shape index (κ2) is 6.88. The third-order valence-corrected chi connectivity index (χ3v) is 4.08. The summed E-state index contributed by atoms with van der Waals surface area (Å²) in [7, 11) is 0. The molecular weight excluding hydrogens is 327 g/mol. The van der Waals surface area contributed by atoms with Crippen LogP contribution in [0.25, 0.3) is 0 Å². The summed E-state index contributed by atoms with van der Waals surface area (Å²) in [4.78, 5) is 27.2. The Morgan fingerprint density at radius 1 is 1.28 bits per heavy atom. The van der Waals surface area contributed by atoms with Crippen molar-refractivity contribution in [1.82, 2.24) is 4.98 Å². The number of hydrogen-bond donors (Lipinski definition) is 2. The third kappa shape index (κ3) is 3.76. The first kappa shape index (κ1) is 16.9. The number of benzene rings is 1. The minimum Gasteiger partial charge on any atom is -0.487 e. The summed E-state index contributed by atoms with van der Waals surface area (Å²) in [6.07, 6.45) is 3.01. The van der Waals surface area contributed by atoms with Crippen LogP contribution in [0.1, 0.15) is 45.8 Å². The van der Waals surface area contributed by atoms with Gasteiger partial charge in [0.2, 0.25) is 0 Å². The van der Waals surface area contributed by atoms with Crippen LogP contribution >= 0.6 is 0 Å². The molecule has 7 heteroatoms. The number of aromatic carboxylic acids is 1. The van der Waals surface area contributed by atoms with Crippen molar-refractivity contribution >= 4 is 17.6 Å². The van der Waals surface area contributed by atoms with Gasteiger partial charge in [0.15, 0.2) is 11.6 Å². The zero-order valence-corrected chi connectivity index (χ0v) is 13.6. The van der Waals surface area contributed by atoms with Crippen LogP contribution < -0.4 is 10.1 Å². The Morgan fingerprint density at radius 2 is 2.04 bits per heavy atom. The number of halogens is 1. The molecule has 6 nitrogen and oxygen atoms in total. The maximum absolute atomic E-state index is 14.1. The van der Waals surface area contributed by atoms with E-state index in [2.05, 4.69) is 10.3 Å². The fourth-order valence-electron chi connectivity index (χ4n) is 2.45. The Kier molecular flexibility index (Phi) is 4.65. The Labute approximate surface area is 143 Å². The van der Waals surface area contributed by atoms with Crippen molar-refractivity contribution in [3.63, 3.8) is 0 Å². The average molecular weight is 344 g/mol. The molecule has 3 rings (SSSR count). The number of carbonyl (C=O) groups excluding carboxylic acids is 1. The van der Waals surface area contributed by atoms with Gasteiger partial charge in [0.25, 0.3) is 5.91 Å². The third-order valence-electron chi connectivity index (χ3n) is 4.08. The first-order valence-corrected chi connectivity index (χ1v) is 7.92. The average Bonchev–Trinajstić information content (AvgIpc) is 2.51. The van der Waals surface area contributed by atoms with Gasteiger partial charge in [-0.05, 0) is 50.5 Å². The lowest BCUT2D eigenvalue weighted by atomic mass is 9.96. The molecule has 2 N–H and O–H groups in total. The van der Waals surface area contributed by atoms with Crippen molar-refractivity contribution in [1.29, 1.82) is 0 Å². The van der Waals surface area contributed by atoms with Gasteiger partial charge < -0.3 is 15.2 Å². The largest absolute Gasteiger partial charge is 0.487 e. The van der Waals surface area contributed by atoms with Crippen LogP contribution in [0.5, 0.6) is 5.75 Å². The van der Waals surface area contributed by atoms with Gasteiger partial charge in [-0.1, -0.05) is 0 Å². The normalized spacial score (nSPS) is 13.8. The molecular formula is C18H17FN2O4. The van der Waals surface area contributed by atoms with Crippen molar-refractivity contribution in [2.24, 2.45) is 0 Å². The number of rotatable bonds is 5. The molecule has 0 aliphatic heterocycles. The van der Waals surface area contributed by atoms with E-state index in [0.717, 1.165) is 19.3 Å². The predicted molar refractivity (Wildman–Crippen MR) is 88.6 cm³/mol. The Balaban J connectivity index is 1.71. The standard InChI is InChI=1S/C18H17FN2O4/c1-10-13(18(23)24)6-7-15(20-10)17(22)21-11-5-8-16(14(19)9-11)25-12-3-2-4-12/h5-9,12H,2-4H2,1H3,(H,21,22)(H,23,24). The molecule has 130 valence electrons. The predicted octanol–water partition coefficient (Wildman–Crippen LogP) is 3.41. The fraction of sp³-hybridized carbons (Fsp3) is 0.278. The zero-order valence-electron chi connectivity index (χ0n) is 13.6. The van der Waals surface area contributed by atoms with E-state index in [-0.39, 0.29) is 34.5 Å². The molecule has 0 unspecified atom stereocenters. The first-order chi connectivity index (χ1) is 11.9. The Morgan fingerprint density at radius 3 is 2.60 bits per heavy atom. The number of nitrogens with one attached hydrogen (secondary N) is 1. The van der Waals surface area contributed by atoms with Crippen LogP contribution in [-0.4, -0.2) is 28.1 Å². The minimum atomic E-state index is -1.11. The van der Waals surface area contributed by atoms with Gasteiger partial charge in [0.05, 0.1) is 17.4 Å². The zero-order chi connectivity index (χ0) is 18.0. The number of anilines is 1. The van der Waals surface area contributed by atoms with E-state index in [9.17, 15) is 14.0 Å². The molecule has 0 spiro atoms. The molecule has 1 aromatic heterocycles. The number of carboxylic acid groups (broad SMARTS) is 1. The summed E-state index contributed by atoms with van der Waals surface area (Å²) in [5.74, 6) is -2.04. The Hall–Kier alpha value is -2.96. The topological polar surface area (TPSA) is 88.5 Å². The maximum Gasteiger partial charge on any atom is 0.337 e. The van der Waals surface area contributed by atoms with Gasteiger partial charge in [-0.25, -0.2) is 14.2 Å². The summed E-state index contributed by atoms with van der Waals surface area (Å²) >= 11 is 0. The lowest BCUT2D eigenvalue weighted by molar-refractivity contribution is 0.0695. The molecule has 1 aromatic carbocycles. The van der Waals surface area contributed by atoms with Crippen LogP contribution in [0.4, 0.5) is 10.1 Å². The van der Waals surface area contributed by atoms with Crippen LogP contribution in [0.15, 0.2) is 30.3 Å². The van der Waals surface area contributed by atoms with Gasteiger partial charge in [-0.15, -0.1) is 0 Å². The molecule has 1 saturated carbocycles. The highest BCUT2D eigenvalue weighted by Gasteiger charge is 2.21. The van der Waals surface area contributed by atoms with E-state index in [4.69, 9.17) is 9.84 Å². The second-order valence-corrected chi connectivity index (χ2v) is 5.90. The first-order valence-electron chi connectivity index (χ1n) is 7.92. The van der Waals surface area contributed by atoms with Crippen molar-refractivity contribution in [3.8, 4) is 5.75 Å². The van der Waals surface area contributed by atoms with E-state index >= 15 is 0 Å². The van der Waals surface area contributed by atoms with E-state index in [1.807, 2.05) is 0 Å². The quantitative estimate of drug-likeness (QED) is 0.868. The van der Waals surface area contributed by atoms with Crippen molar-refractivity contribution < 1.29 is 23.8 Å². The van der Waals surface area contributed by atoms with E-state index in [0.29, 0.717) is 0 Å². The highest BCUT2D eigenvalue weighted by Crippen LogP contribution is 2.28. The maximum atomic E-state index is 14.1. The second-order valence-electron chi connectivity index (χ2n) is 5.90. The van der Waals surface area contributed by atoms with Gasteiger partial charge >= 0.3 is 5.97 Å². The van der Waals surface area contributed by atoms with E-state index < -0.39 is 17.7 Å². The molecule has 0 saturated heterocycles. The summed E-state index contributed by atoms with van der Waals surface area (Å²) in [5, 5.41) is 11.5. The number of nitrogens with zero attached hydrogens (tertiary/aromatic N) is 1. The van der Waals surface area contributed by atoms with Gasteiger partial charge in [0.1, 0.15) is 5.69 Å². The van der Waals surface area contributed by atoms with E-state index in [1.165, 1.54) is 31.2 Å². The molecule has 1 heterocycles. The summed E-state index contributed by atoms with van der Waals surface area (Å²) in [6.45, 7) is 1.51. The van der Waals surface area contributed by atoms with Crippen molar-refractivity contribution in [3.05, 3.63) is 53.1 Å². The highest BCUT2D eigenvalue weighted by atomic mass is 19.1. The molecule has 2 aromatic rings. The number of carbonyl (C=O) groups is 2. The number of aromatic nitrogens is 1. The summed E-state index contributed by atoms with van der Waals surface area (Å²) < 4.78 is 19.6. The molecule has 1 aliphatic carbocycles. The van der Waals surface area contributed by atoms with Gasteiger partial charge in [-0.2, -0.15) is 0 Å². The van der Waals surface area contributed by atoms with Crippen LogP contribution in [0, 0.1) is 12.7 Å². The molecule has 25 heavy (non-hydrogen) atoms. The fourth-order valence-corrected chi connectivity index (χ4v) is 2.45. The number of amides is 1. The SMILES string of the molecule is Cc1nc(C(=O)Nc2ccc(OC3CCC3)c(F)c2)ccc1C(=O)O. The number of hydrogen-bond acceptors (Lipinski definition) is 4. The molecule has 0 atom stereocenters. The lowest BCUT2D eigenvalue weighted by Crippen LogP contribution is -2.25.